The zero-order valence-corrected chi connectivity index (χ0v) is 10.4. The maximum absolute atomic E-state index is 9.52. The van der Waals surface area contributed by atoms with Gasteiger partial charge in [0.2, 0.25) is 0 Å². The summed E-state index contributed by atoms with van der Waals surface area (Å²) in [6.45, 7) is 5.32. The van der Waals surface area contributed by atoms with Crippen molar-refractivity contribution in [2.75, 3.05) is 33.4 Å². The average Bonchev–Trinajstić information content (AvgIpc) is 2.95. The molecule has 1 saturated heterocycles. The summed E-state index contributed by atoms with van der Waals surface area (Å²) in [4.78, 5) is 2.39. The molecule has 0 bridgehead atoms. The Hall–Kier alpha value is -0.160. The first-order valence-corrected chi connectivity index (χ1v) is 6.29. The molecular weight excluding hydrogens is 204 g/mol. The van der Waals surface area contributed by atoms with E-state index in [1.807, 2.05) is 0 Å². The van der Waals surface area contributed by atoms with E-state index in [4.69, 9.17) is 4.74 Å². The summed E-state index contributed by atoms with van der Waals surface area (Å²) in [5, 5.41) is 13.1. The molecule has 1 saturated carbocycles. The van der Waals surface area contributed by atoms with Gasteiger partial charge in [0.25, 0.3) is 0 Å². The first kappa shape index (κ1) is 12.3. The first-order chi connectivity index (χ1) is 7.65. The van der Waals surface area contributed by atoms with Crippen molar-refractivity contribution in [3.63, 3.8) is 0 Å². The Labute approximate surface area is 98.0 Å². The minimum atomic E-state index is -0.149. The van der Waals surface area contributed by atoms with Gasteiger partial charge >= 0.3 is 0 Å². The Balaban J connectivity index is 1.81. The Bertz CT molecular complexity index is 233. The van der Waals surface area contributed by atoms with Crippen molar-refractivity contribution in [3.8, 4) is 0 Å². The Morgan fingerprint density at radius 3 is 2.69 bits per heavy atom. The van der Waals surface area contributed by atoms with Crippen LogP contribution in [0.4, 0.5) is 0 Å². The van der Waals surface area contributed by atoms with E-state index in [1.165, 1.54) is 12.8 Å². The summed E-state index contributed by atoms with van der Waals surface area (Å²) in [5.41, 5.74) is -0.149. The van der Waals surface area contributed by atoms with Gasteiger partial charge in [-0.2, -0.15) is 0 Å². The van der Waals surface area contributed by atoms with Gasteiger partial charge in [-0.05, 0) is 26.2 Å². The van der Waals surface area contributed by atoms with Crippen LogP contribution >= 0.6 is 0 Å². The van der Waals surface area contributed by atoms with Crippen LogP contribution in [0.5, 0.6) is 0 Å². The Morgan fingerprint density at radius 1 is 1.44 bits per heavy atom. The van der Waals surface area contributed by atoms with Gasteiger partial charge in [-0.3, -0.25) is 4.90 Å². The lowest BCUT2D eigenvalue weighted by Crippen LogP contribution is -2.54. The maximum atomic E-state index is 9.52. The maximum Gasteiger partial charge on any atom is 0.0710 e. The molecule has 2 unspecified atom stereocenters. The van der Waals surface area contributed by atoms with E-state index in [2.05, 4.69) is 17.1 Å². The normalized spacial score (nSPS) is 30.6. The van der Waals surface area contributed by atoms with Crippen LogP contribution in [0.1, 0.15) is 26.2 Å². The number of rotatable bonds is 6. The molecule has 1 heterocycles. The smallest absolute Gasteiger partial charge is 0.0710 e. The molecule has 94 valence electrons. The second kappa shape index (κ2) is 5.00. The highest BCUT2D eigenvalue weighted by molar-refractivity contribution is 4.95. The van der Waals surface area contributed by atoms with Crippen molar-refractivity contribution in [2.24, 2.45) is 0 Å². The molecule has 2 atom stereocenters. The third kappa shape index (κ3) is 3.17. The quantitative estimate of drug-likeness (QED) is 0.682. The zero-order valence-electron chi connectivity index (χ0n) is 10.4. The second-order valence-electron chi connectivity index (χ2n) is 5.52. The highest BCUT2D eigenvalue weighted by Crippen LogP contribution is 2.24. The molecule has 2 fully saturated rings. The number of likely N-dealkylation sites (tertiary alicyclic amines) is 1. The Morgan fingerprint density at radius 2 is 2.19 bits per heavy atom. The molecule has 4 heteroatoms. The monoisotopic (exact) mass is 228 g/mol. The summed E-state index contributed by atoms with van der Waals surface area (Å²) < 4.78 is 5.36. The van der Waals surface area contributed by atoms with Gasteiger partial charge < -0.3 is 15.2 Å². The molecule has 0 spiro atoms. The van der Waals surface area contributed by atoms with Gasteiger partial charge in [-0.25, -0.2) is 0 Å². The van der Waals surface area contributed by atoms with Crippen molar-refractivity contribution in [1.29, 1.82) is 0 Å². The third-order valence-corrected chi connectivity index (χ3v) is 3.61. The van der Waals surface area contributed by atoms with E-state index in [9.17, 15) is 5.11 Å². The number of nitrogens with zero attached hydrogens (tertiary/aromatic N) is 1. The molecule has 0 aromatic heterocycles. The molecule has 2 N–H and O–H groups in total. The topological polar surface area (TPSA) is 44.7 Å². The molecule has 1 aliphatic carbocycles. The molecule has 1 aliphatic heterocycles. The van der Waals surface area contributed by atoms with Crippen molar-refractivity contribution in [2.45, 2.75) is 43.9 Å². The predicted octanol–water partition coefficient (Wildman–Crippen LogP) is 0.210. The fourth-order valence-electron chi connectivity index (χ4n) is 2.49. The van der Waals surface area contributed by atoms with Crippen LogP contribution < -0.4 is 5.32 Å². The number of ether oxygens (including phenoxy) is 1. The summed E-state index contributed by atoms with van der Waals surface area (Å²) in [7, 11) is 1.78. The van der Waals surface area contributed by atoms with Gasteiger partial charge in [-0.1, -0.05) is 0 Å². The second-order valence-corrected chi connectivity index (χ2v) is 5.52. The number of nitrogens with one attached hydrogen (secondary N) is 1. The standard InChI is InChI=1S/C12H24N2O2/c1-12(9-15,13-10-3-4-10)8-14-6-5-11(7-14)16-2/h10-11,13,15H,3-9H2,1-2H3. The lowest BCUT2D eigenvalue weighted by molar-refractivity contribution is 0.0924. The highest BCUT2D eigenvalue weighted by atomic mass is 16.5. The number of hydrogen-bond acceptors (Lipinski definition) is 4. The summed E-state index contributed by atoms with van der Waals surface area (Å²) >= 11 is 0. The molecule has 0 aromatic rings. The first-order valence-electron chi connectivity index (χ1n) is 6.29. The molecule has 2 rings (SSSR count). The van der Waals surface area contributed by atoms with Gasteiger partial charge in [0.15, 0.2) is 0 Å². The molecule has 2 aliphatic rings. The van der Waals surface area contributed by atoms with E-state index in [0.29, 0.717) is 12.1 Å². The van der Waals surface area contributed by atoms with Crippen LogP contribution in [0.2, 0.25) is 0 Å². The molecule has 0 radical (unpaired) electrons. The molecular formula is C12H24N2O2. The van der Waals surface area contributed by atoms with Crippen molar-refractivity contribution in [1.82, 2.24) is 10.2 Å². The number of aliphatic hydroxyl groups excluding tert-OH is 1. The summed E-state index contributed by atoms with van der Waals surface area (Å²) in [6.07, 6.45) is 4.01. The molecule has 0 amide bonds. The van der Waals surface area contributed by atoms with Crippen molar-refractivity contribution >= 4 is 0 Å². The Kier molecular flexibility index (Phi) is 3.85. The van der Waals surface area contributed by atoms with E-state index in [0.717, 1.165) is 26.1 Å². The van der Waals surface area contributed by atoms with E-state index in [-0.39, 0.29) is 12.1 Å². The largest absolute Gasteiger partial charge is 0.394 e. The van der Waals surface area contributed by atoms with Gasteiger partial charge in [0.05, 0.1) is 18.2 Å². The minimum Gasteiger partial charge on any atom is -0.394 e. The average molecular weight is 228 g/mol. The van der Waals surface area contributed by atoms with E-state index < -0.39 is 0 Å². The van der Waals surface area contributed by atoms with Crippen LogP contribution in [0, 0.1) is 0 Å². The van der Waals surface area contributed by atoms with Crippen LogP contribution in [0.25, 0.3) is 0 Å². The van der Waals surface area contributed by atoms with Crippen molar-refractivity contribution < 1.29 is 9.84 Å². The lowest BCUT2D eigenvalue weighted by atomic mass is 10.0. The number of hydrogen-bond donors (Lipinski definition) is 2. The number of aliphatic hydroxyl groups is 1. The van der Waals surface area contributed by atoms with Gasteiger partial charge in [0.1, 0.15) is 0 Å². The highest BCUT2D eigenvalue weighted by Gasteiger charge is 2.35. The lowest BCUT2D eigenvalue weighted by Gasteiger charge is -2.33. The van der Waals surface area contributed by atoms with Crippen molar-refractivity contribution in [3.05, 3.63) is 0 Å². The zero-order chi connectivity index (χ0) is 11.6. The third-order valence-electron chi connectivity index (χ3n) is 3.61. The van der Waals surface area contributed by atoms with Gasteiger partial charge in [0, 0.05) is 32.8 Å². The fourth-order valence-corrected chi connectivity index (χ4v) is 2.49. The fraction of sp³-hybridized carbons (Fsp3) is 1.00. The molecule has 4 nitrogen and oxygen atoms in total. The SMILES string of the molecule is COC1CCN(CC(C)(CO)NC2CC2)C1. The summed E-state index contributed by atoms with van der Waals surface area (Å²) in [6, 6.07) is 0.637. The van der Waals surface area contributed by atoms with Crippen LogP contribution in [-0.2, 0) is 4.74 Å². The van der Waals surface area contributed by atoms with Crippen LogP contribution in [0.15, 0.2) is 0 Å². The van der Waals surface area contributed by atoms with Gasteiger partial charge in [-0.15, -0.1) is 0 Å². The molecule has 16 heavy (non-hydrogen) atoms. The summed E-state index contributed by atoms with van der Waals surface area (Å²) in [5.74, 6) is 0. The van der Waals surface area contributed by atoms with E-state index in [1.54, 1.807) is 7.11 Å². The predicted molar refractivity (Wildman–Crippen MR) is 63.5 cm³/mol. The van der Waals surface area contributed by atoms with Crippen LogP contribution in [0.3, 0.4) is 0 Å². The number of methoxy groups -OCH3 is 1. The van der Waals surface area contributed by atoms with Crippen LogP contribution in [-0.4, -0.2) is 61.0 Å². The van der Waals surface area contributed by atoms with E-state index >= 15 is 0 Å². The molecule has 0 aromatic carbocycles. The minimum absolute atomic E-state index is 0.149.